The maximum absolute atomic E-state index is 11.7. The molecule has 1 N–H and O–H groups in total. The molecule has 1 aliphatic rings. The number of nitrogens with one attached hydrogen (secondary N) is 1. The smallest absolute Gasteiger partial charge is 0.328 e. The average Bonchev–Trinajstić information content (AvgIpc) is 3.10. The topological polar surface area (TPSA) is 55.4 Å². The number of carbonyl (C=O) groups excluding carboxylic acids is 2. The maximum atomic E-state index is 11.7. The van der Waals surface area contributed by atoms with Crippen molar-refractivity contribution in [3.63, 3.8) is 0 Å². The molecule has 1 fully saturated rings. The van der Waals surface area contributed by atoms with Crippen LogP contribution in [0.2, 0.25) is 0 Å². The normalized spacial score (nSPS) is 16.8. The summed E-state index contributed by atoms with van der Waals surface area (Å²) in [4.78, 5) is 22.7. The van der Waals surface area contributed by atoms with E-state index in [1.54, 1.807) is 0 Å². The van der Waals surface area contributed by atoms with Crippen LogP contribution in [0.5, 0.6) is 0 Å². The molecule has 1 atom stereocenters. The van der Waals surface area contributed by atoms with Gasteiger partial charge in [-0.15, -0.1) is 0 Å². The van der Waals surface area contributed by atoms with Crippen molar-refractivity contribution in [3.8, 4) is 0 Å². The Morgan fingerprint density at radius 3 is 2.00 bits per heavy atom. The Bertz CT molecular complexity index is 420. The standard InChI is InChI=1S/C23H41NO3/c1-2-3-4-5-6-7-8-9-10-11-12-13-14-15-16-17-20-27-23(26)21-18-19-22(25)24-21/h16-17,21H,2-15,18-20H2,1H3,(H,24,25)/b17-16+/t21-/m0/s1. The minimum Gasteiger partial charge on any atom is -0.460 e. The Morgan fingerprint density at radius 1 is 0.926 bits per heavy atom. The molecular formula is C23H41NO3. The first-order valence-electron chi connectivity index (χ1n) is 11.3. The molecule has 0 radical (unpaired) electrons. The van der Waals surface area contributed by atoms with Gasteiger partial charge in [-0.25, -0.2) is 4.79 Å². The second-order valence-corrected chi connectivity index (χ2v) is 7.79. The molecule has 4 heteroatoms. The zero-order valence-corrected chi connectivity index (χ0v) is 17.5. The predicted molar refractivity (Wildman–Crippen MR) is 112 cm³/mol. The lowest BCUT2D eigenvalue weighted by molar-refractivity contribution is -0.145. The summed E-state index contributed by atoms with van der Waals surface area (Å²) in [7, 11) is 0. The zero-order chi connectivity index (χ0) is 19.6. The van der Waals surface area contributed by atoms with Crippen molar-refractivity contribution >= 4 is 11.9 Å². The lowest BCUT2D eigenvalue weighted by atomic mass is 10.0. The van der Waals surface area contributed by atoms with Gasteiger partial charge in [0.05, 0.1) is 0 Å². The lowest BCUT2D eigenvalue weighted by Crippen LogP contribution is -2.34. The van der Waals surface area contributed by atoms with Gasteiger partial charge in [0.2, 0.25) is 5.91 Å². The summed E-state index contributed by atoms with van der Waals surface area (Å²) < 4.78 is 5.15. The third kappa shape index (κ3) is 13.5. The fraction of sp³-hybridized carbons (Fsp3) is 0.826. The fourth-order valence-corrected chi connectivity index (χ4v) is 3.49. The first-order chi connectivity index (χ1) is 13.2. The van der Waals surface area contributed by atoms with Gasteiger partial charge in [-0.2, -0.15) is 0 Å². The summed E-state index contributed by atoms with van der Waals surface area (Å²) in [5.74, 6) is -0.374. The van der Waals surface area contributed by atoms with E-state index in [4.69, 9.17) is 4.74 Å². The molecule has 1 aliphatic heterocycles. The van der Waals surface area contributed by atoms with Crippen LogP contribution in [-0.2, 0) is 14.3 Å². The average molecular weight is 380 g/mol. The van der Waals surface area contributed by atoms with Gasteiger partial charge in [0, 0.05) is 6.42 Å². The number of hydrogen-bond acceptors (Lipinski definition) is 3. The van der Waals surface area contributed by atoms with Crippen LogP contribution in [0, 0.1) is 0 Å². The summed E-state index contributed by atoms with van der Waals surface area (Å²) in [5.41, 5.74) is 0. The van der Waals surface area contributed by atoms with Gasteiger partial charge in [-0.05, 0) is 19.3 Å². The second kappa shape index (κ2) is 16.8. The van der Waals surface area contributed by atoms with Crippen LogP contribution >= 0.6 is 0 Å². The van der Waals surface area contributed by atoms with Crippen LogP contribution in [0.15, 0.2) is 12.2 Å². The molecule has 0 spiro atoms. The van der Waals surface area contributed by atoms with Crippen molar-refractivity contribution in [2.24, 2.45) is 0 Å². The molecule has 4 nitrogen and oxygen atoms in total. The Kier molecular flexibility index (Phi) is 14.8. The van der Waals surface area contributed by atoms with Crippen LogP contribution in [0.4, 0.5) is 0 Å². The lowest BCUT2D eigenvalue weighted by Gasteiger charge is -2.08. The summed E-state index contributed by atoms with van der Waals surface area (Å²) in [6.45, 7) is 2.58. The molecule has 0 aliphatic carbocycles. The van der Waals surface area contributed by atoms with E-state index in [2.05, 4.69) is 18.3 Å². The number of carbonyl (C=O) groups is 2. The number of allylic oxidation sites excluding steroid dienone is 1. The molecule has 0 aromatic heterocycles. The summed E-state index contributed by atoms with van der Waals surface area (Å²) in [6.07, 6.45) is 23.9. The van der Waals surface area contributed by atoms with Crippen molar-refractivity contribution < 1.29 is 14.3 Å². The maximum Gasteiger partial charge on any atom is 0.328 e. The van der Waals surface area contributed by atoms with Crippen LogP contribution in [-0.4, -0.2) is 24.5 Å². The van der Waals surface area contributed by atoms with Crippen LogP contribution in [0.1, 0.15) is 110 Å². The number of hydrogen-bond donors (Lipinski definition) is 1. The van der Waals surface area contributed by atoms with E-state index in [-0.39, 0.29) is 11.9 Å². The van der Waals surface area contributed by atoms with Gasteiger partial charge in [-0.1, -0.05) is 96.1 Å². The van der Waals surface area contributed by atoms with Gasteiger partial charge in [0.1, 0.15) is 12.6 Å². The molecule has 1 heterocycles. The minimum atomic E-state index is -0.438. The second-order valence-electron chi connectivity index (χ2n) is 7.79. The van der Waals surface area contributed by atoms with Gasteiger partial charge >= 0.3 is 5.97 Å². The highest BCUT2D eigenvalue weighted by Gasteiger charge is 2.27. The molecule has 0 aromatic carbocycles. The molecule has 27 heavy (non-hydrogen) atoms. The van der Waals surface area contributed by atoms with Crippen molar-refractivity contribution in [2.75, 3.05) is 6.61 Å². The van der Waals surface area contributed by atoms with E-state index >= 15 is 0 Å². The molecule has 1 rings (SSSR count). The minimum absolute atomic E-state index is 0.0603. The molecule has 0 unspecified atom stereocenters. The van der Waals surface area contributed by atoms with E-state index in [1.165, 1.54) is 83.5 Å². The Hall–Kier alpha value is -1.32. The molecule has 0 bridgehead atoms. The van der Waals surface area contributed by atoms with Crippen LogP contribution in [0.3, 0.4) is 0 Å². The van der Waals surface area contributed by atoms with Gasteiger partial charge in [0.25, 0.3) is 0 Å². The third-order valence-electron chi connectivity index (χ3n) is 5.24. The molecule has 1 saturated heterocycles. The number of unbranched alkanes of at least 4 members (excludes halogenated alkanes) is 13. The number of ether oxygens (including phenoxy) is 1. The summed E-state index contributed by atoms with van der Waals surface area (Å²) >= 11 is 0. The SMILES string of the molecule is CCCCCCCCCCCCCCC/C=C/COC(=O)[C@@H]1CCC(=O)N1. The van der Waals surface area contributed by atoms with Gasteiger partial charge < -0.3 is 10.1 Å². The number of rotatable bonds is 17. The molecule has 0 aromatic rings. The van der Waals surface area contributed by atoms with Crippen molar-refractivity contribution in [3.05, 3.63) is 12.2 Å². The molecule has 1 amide bonds. The zero-order valence-electron chi connectivity index (χ0n) is 17.5. The van der Waals surface area contributed by atoms with Crippen molar-refractivity contribution in [1.29, 1.82) is 0 Å². The van der Waals surface area contributed by atoms with Crippen LogP contribution in [0.25, 0.3) is 0 Å². The Balaban J connectivity index is 1.78. The molecule has 0 saturated carbocycles. The Morgan fingerprint density at radius 2 is 1.48 bits per heavy atom. The van der Waals surface area contributed by atoms with Gasteiger partial charge in [-0.3, -0.25) is 4.79 Å². The quantitative estimate of drug-likeness (QED) is 0.196. The summed E-state index contributed by atoms with van der Waals surface area (Å²) in [5, 5.41) is 2.62. The van der Waals surface area contributed by atoms with Gasteiger partial charge in [0.15, 0.2) is 0 Å². The number of esters is 1. The monoisotopic (exact) mass is 379 g/mol. The van der Waals surface area contributed by atoms with Crippen molar-refractivity contribution in [2.45, 2.75) is 116 Å². The van der Waals surface area contributed by atoms with E-state index in [0.29, 0.717) is 19.4 Å². The van der Waals surface area contributed by atoms with Crippen molar-refractivity contribution in [1.82, 2.24) is 5.32 Å². The van der Waals surface area contributed by atoms with Crippen LogP contribution < -0.4 is 5.32 Å². The Labute approximate surface area is 166 Å². The predicted octanol–water partition coefficient (Wildman–Crippen LogP) is 5.85. The molecular weight excluding hydrogens is 338 g/mol. The van der Waals surface area contributed by atoms with E-state index in [0.717, 1.165) is 6.42 Å². The third-order valence-corrected chi connectivity index (χ3v) is 5.24. The highest BCUT2D eigenvalue weighted by Crippen LogP contribution is 2.13. The van der Waals surface area contributed by atoms with E-state index in [1.807, 2.05) is 6.08 Å². The number of amides is 1. The first kappa shape index (κ1) is 23.7. The van der Waals surface area contributed by atoms with E-state index < -0.39 is 6.04 Å². The van der Waals surface area contributed by atoms with E-state index in [9.17, 15) is 9.59 Å². The molecule has 156 valence electrons. The fourth-order valence-electron chi connectivity index (χ4n) is 3.49. The first-order valence-corrected chi connectivity index (χ1v) is 11.3. The highest BCUT2D eigenvalue weighted by molar-refractivity contribution is 5.88. The largest absolute Gasteiger partial charge is 0.460 e. The summed E-state index contributed by atoms with van der Waals surface area (Å²) in [6, 6.07) is -0.438. The highest BCUT2D eigenvalue weighted by atomic mass is 16.5.